The summed E-state index contributed by atoms with van der Waals surface area (Å²) in [5, 5.41) is 10.6. The van der Waals surface area contributed by atoms with Crippen LogP contribution in [0, 0.1) is 11.8 Å². The Morgan fingerprint density at radius 1 is 1.00 bits per heavy atom. The fraction of sp³-hybridized carbons (Fsp3) is 0.429. The molecule has 2 bridgehead atoms. The number of phenols is 1. The van der Waals surface area contributed by atoms with Crippen LogP contribution in [0.1, 0.15) is 29.5 Å². The number of hydrogen-bond donors (Lipinski definition) is 1. The number of benzene rings is 2. The van der Waals surface area contributed by atoms with Crippen molar-refractivity contribution in [3.8, 4) is 5.75 Å². The first-order valence-corrected chi connectivity index (χ1v) is 9.23. The van der Waals surface area contributed by atoms with Gasteiger partial charge >= 0.3 is 0 Å². The molecule has 0 amide bonds. The third-order valence-electron chi connectivity index (χ3n) is 5.88. The molecular formula is C21H25Cl2NO. The van der Waals surface area contributed by atoms with Gasteiger partial charge in [-0.15, -0.1) is 12.4 Å². The Labute approximate surface area is 161 Å². The van der Waals surface area contributed by atoms with Gasteiger partial charge in [0.1, 0.15) is 5.75 Å². The lowest BCUT2D eigenvalue weighted by Crippen LogP contribution is -2.39. The molecule has 1 fully saturated rings. The van der Waals surface area contributed by atoms with Crippen LogP contribution in [0.3, 0.4) is 0 Å². The van der Waals surface area contributed by atoms with Crippen molar-refractivity contribution in [3.63, 3.8) is 0 Å². The molecule has 4 rings (SSSR count). The van der Waals surface area contributed by atoms with Crippen LogP contribution in [0.2, 0.25) is 5.02 Å². The van der Waals surface area contributed by atoms with E-state index in [2.05, 4.69) is 30.1 Å². The van der Waals surface area contributed by atoms with Crippen molar-refractivity contribution >= 4 is 24.0 Å². The average Bonchev–Trinajstić information content (AvgIpc) is 2.85. The predicted octanol–water partition coefficient (Wildman–Crippen LogP) is 5.09. The van der Waals surface area contributed by atoms with Gasteiger partial charge in [-0.2, -0.15) is 0 Å². The Morgan fingerprint density at radius 3 is 2.32 bits per heavy atom. The molecule has 0 aromatic heterocycles. The third kappa shape index (κ3) is 3.81. The lowest BCUT2D eigenvalue weighted by molar-refractivity contribution is 0.153. The Bertz CT molecular complexity index is 731. The summed E-state index contributed by atoms with van der Waals surface area (Å²) in [6, 6.07) is 14.8. The van der Waals surface area contributed by atoms with Gasteiger partial charge < -0.3 is 5.11 Å². The monoisotopic (exact) mass is 377 g/mol. The molecule has 0 saturated heterocycles. The largest absolute Gasteiger partial charge is 0.508 e. The Morgan fingerprint density at radius 2 is 1.64 bits per heavy atom. The summed E-state index contributed by atoms with van der Waals surface area (Å²) in [4.78, 5) is 2.54. The lowest BCUT2D eigenvalue weighted by Gasteiger charge is -2.32. The van der Waals surface area contributed by atoms with Gasteiger partial charge in [0, 0.05) is 17.6 Å². The highest BCUT2D eigenvalue weighted by Crippen LogP contribution is 2.43. The minimum absolute atomic E-state index is 0. The van der Waals surface area contributed by atoms with E-state index in [1.54, 1.807) is 0 Å². The number of fused-ring (bicyclic) bond motifs is 3. The maximum absolute atomic E-state index is 9.82. The molecule has 2 nitrogen and oxygen atoms in total. The molecule has 3 unspecified atom stereocenters. The number of nitrogens with zero attached hydrogens (tertiary/aromatic N) is 1. The highest BCUT2D eigenvalue weighted by molar-refractivity contribution is 6.30. The first-order valence-electron chi connectivity index (χ1n) is 8.85. The number of halogens is 2. The standard InChI is InChI=1S/C21H24ClNO.ClH/c1-23(13-14-2-7-19(22)8-3-14)21-16-4-5-17(21)11-18-12-20(24)9-6-15(18)10-16;/h2-3,6-9,12,16-17,21,24H,4-5,10-11,13H2,1H3;1H. The zero-order chi connectivity index (χ0) is 16.7. The van der Waals surface area contributed by atoms with Crippen LogP contribution in [0.15, 0.2) is 42.5 Å². The van der Waals surface area contributed by atoms with Crippen LogP contribution in [-0.2, 0) is 19.4 Å². The van der Waals surface area contributed by atoms with Crippen LogP contribution >= 0.6 is 24.0 Å². The van der Waals surface area contributed by atoms with Crippen molar-refractivity contribution in [3.05, 3.63) is 64.2 Å². The highest BCUT2D eigenvalue weighted by Gasteiger charge is 2.41. The van der Waals surface area contributed by atoms with Gasteiger partial charge in [0.05, 0.1) is 0 Å². The van der Waals surface area contributed by atoms with Crippen LogP contribution < -0.4 is 0 Å². The molecule has 1 saturated carbocycles. The molecule has 0 spiro atoms. The Hall–Kier alpha value is -1.22. The topological polar surface area (TPSA) is 23.5 Å². The Kier molecular flexibility index (Phi) is 5.62. The lowest BCUT2D eigenvalue weighted by atomic mass is 9.93. The number of rotatable bonds is 3. The highest BCUT2D eigenvalue weighted by atomic mass is 35.5. The van der Waals surface area contributed by atoms with Gasteiger partial charge in [-0.1, -0.05) is 29.8 Å². The molecule has 25 heavy (non-hydrogen) atoms. The van der Waals surface area contributed by atoms with E-state index in [-0.39, 0.29) is 12.4 Å². The van der Waals surface area contributed by atoms with Crippen molar-refractivity contribution in [2.75, 3.05) is 7.05 Å². The van der Waals surface area contributed by atoms with Crippen LogP contribution in [0.5, 0.6) is 5.75 Å². The molecule has 4 heteroatoms. The second-order valence-corrected chi connectivity index (χ2v) is 7.93. The zero-order valence-corrected chi connectivity index (χ0v) is 16.1. The summed E-state index contributed by atoms with van der Waals surface area (Å²) in [7, 11) is 2.26. The van der Waals surface area contributed by atoms with E-state index < -0.39 is 0 Å². The van der Waals surface area contributed by atoms with Gasteiger partial charge in [0.2, 0.25) is 0 Å². The van der Waals surface area contributed by atoms with Crippen molar-refractivity contribution in [1.82, 2.24) is 4.90 Å². The first kappa shape index (κ1) is 18.6. The number of hydrogen-bond acceptors (Lipinski definition) is 2. The maximum atomic E-state index is 9.82. The minimum atomic E-state index is 0. The van der Waals surface area contributed by atoms with Crippen molar-refractivity contribution < 1.29 is 5.11 Å². The minimum Gasteiger partial charge on any atom is -0.508 e. The molecule has 2 aliphatic carbocycles. The fourth-order valence-corrected chi connectivity index (χ4v) is 5.00. The summed E-state index contributed by atoms with van der Waals surface area (Å²) < 4.78 is 0. The van der Waals surface area contributed by atoms with Crippen LogP contribution in [-0.4, -0.2) is 23.1 Å². The van der Waals surface area contributed by atoms with Crippen LogP contribution in [0.25, 0.3) is 0 Å². The van der Waals surface area contributed by atoms with Gasteiger partial charge in [0.15, 0.2) is 0 Å². The average molecular weight is 378 g/mol. The smallest absolute Gasteiger partial charge is 0.115 e. The van der Waals surface area contributed by atoms with E-state index in [0.29, 0.717) is 17.7 Å². The van der Waals surface area contributed by atoms with Crippen molar-refractivity contribution in [2.45, 2.75) is 38.3 Å². The van der Waals surface area contributed by atoms with E-state index in [1.165, 1.54) is 29.5 Å². The van der Waals surface area contributed by atoms with E-state index in [0.717, 1.165) is 30.3 Å². The summed E-state index contributed by atoms with van der Waals surface area (Å²) in [5.74, 6) is 1.81. The van der Waals surface area contributed by atoms with Crippen LogP contribution in [0.4, 0.5) is 0 Å². The quantitative estimate of drug-likeness (QED) is 0.804. The van der Waals surface area contributed by atoms with Crippen molar-refractivity contribution in [1.29, 1.82) is 0 Å². The zero-order valence-electron chi connectivity index (χ0n) is 14.5. The first-order chi connectivity index (χ1) is 11.6. The van der Waals surface area contributed by atoms with E-state index >= 15 is 0 Å². The number of phenolic OH excluding ortho intramolecular Hbond substituents is 1. The molecule has 134 valence electrons. The molecule has 0 aliphatic heterocycles. The maximum Gasteiger partial charge on any atom is 0.115 e. The summed E-state index contributed by atoms with van der Waals surface area (Å²) in [6.07, 6.45) is 4.85. The van der Waals surface area contributed by atoms with E-state index in [9.17, 15) is 5.11 Å². The molecule has 2 aromatic rings. The Balaban J connectivity index is 0.00000182. The summed E-state index contributed by atoms with van der Waals surface area (Å²) in [6.45, 7) is 0.969. The fourth-order valence-electron chi connectivity index (χ4n) is 4.87. The van der Waals surface area contributed by atoms with E-state index in [1.807, 2.05) is 24.3 Å². The van der Waals surface area contributed by atoms with Gasteiger partial charge in [-0.05, 0) is 85.5 Å². The molecular weight excluding hydrogens is 353 g/mol. The van der Waals surface area contributed by atoms with Crippen molar-refractivity contribution in [2.24, 2.45) is 11.8 Å². The molecule has 0 radical (unpaired) electrons. The predicted molar refractivity (Wildman–Crippen MR) is 106 cm³/mol. The second kappa shape index (κ2) is 7.57. The second-order valence-electron chi connectivity index (χ2n) is 7.49. The molecule has 2 aromatic carbocycles. The summed E-state index contributed by atoms with van der Waals surface area (Å²) in [5.41, 5.74) is 4.11. The SMILES string of the molecule is CN(Cc1ccc(Cl)cc1)C1C2CCC1Cc1cc(O)ccc1C2.Cl. The molecule has 2 aliphatic rings. The molecule has 1 N–H and O–H groups in total. The molecule has 0 heterocycles. The molecule has 3 atom stereocenters. The third-order valence-corrected chi connectivity index (χ3v) is 6.13. The summed E-state index contributed by atoms with van der Waals surface area (Å²) >= 11 is 6.01. The van der Waals surface area contributed by atoms with Gasteiger partial charge in [-0.25, -0.2) is 0 Å². The van der Waals surface area contributed by atoms with E-state index in [4.69, 9.17) is 11.6 Å². The van der Waals surface area contributed by atoms with Gasteiger partial charge in [-0.3, -0.25) is 4.90 Å². The van der Waals surface area contributed by atoms with Gasteiger partial charge in [0.25, 0.3) is 0 Å². The normalized spacial score (nSPS) is 24.5. The number of aromatic hydroxyl groups is 1.